The Morgan fingerprint density at radius 2 is 1.66 bits per heavy atom. The van der Waals surface area contributed by atoms with Crippen LogP contribution < -0.4 is 14.9 Å². The molecule has 2 N–H and O–H groups in total. The number of anilines is 2. The first-order valence-corrected chi connectivity index (χ1v) is 12.8. The van der Waals surface area contributed by atoms with E-state index < -0.39 is 28.5 Å². The minimum absolute atomic E-state index is 0.00801. The fourth-order valence-electron chi connectivity index (χ4n) is 3.75. The molecule has 1 amide bonds. The highest BCUT2D eigenvalue weighted by Crippen LogP contribution is 2.22. The van der Waals surface area contributed by atoms with Crippen LogP contribution in [-0.2, 0) is 26.1 Å². The average Bonchev–Trinajstić information content (AvgIpc) is 3.41. The zero-order chi connectivity index (χ0) is 24.7. The summed E-state index contributed by atoms with van der Waals surface area (Å²) >= 11 is 0. The van der Waals surface area contributed by atoms with Crippen molar-refractivity contribution >= 4 is 33.3 Å². The van der Waals surface area contributed by atoms with Crippen molar-refractivity contribution in [2.45, 2.75) is 30.7 Å². The number of esters is 1. The summed E-state index contributed by atoms with van der Waals surface area (Å²) in [5.74, 6) is -0.719. The van der Waals surface area contributed by atoms with Gasteiger partial charge in [-0.15, -0.1) is 0 Å². The van der Waals surface area contributed by atoms with Crippen molar-refractivity contribution in [3.63, 3.8) is 0 Å². The SMILES string of the molecule is O=C(COC(=O)c1ccc(S(=O)(=O)NCc2ccco2)cc1)Nc1ccc(N2CCCCC2)cc1. The van der Waals surface area contributed by atoms with Crippen LogP contribution in [0.3, 0.4) is 0 Å². The summed E-state index contributed by atoms with van der Waals surface area (Å²) in [6.07, 6.45) is 5.09. The lowest BCUT2D eigenvalue weighted by Crippen LogP contribution is -2.29. The minimum Gasteiger partial charge on any atom is -0.468 e. The third-order valence-corrected chi connectivity index (χ3v) is 7.04. The third kappa shape index (κ3) is 6.71. The predicted molar refractivity (Wildman–Crippen MR) is 131 cm³/mol. The van der Waals surface area contributed by atoms with Gasteiger partial charge in [-0.3, -0.25) is 4.79 Å². The Balaban J connectivity index is 1.25. The number of amides is 1. The number of carbonyl (C=O) groups excluding carboxylic acids is 2. The number of hydrogen-bond donors (Lipinski definition) is 2. The number of nitrogens with zero attached hydrogens (tertiary/aromatic N) is 1. The quantitative estimate of drug-likeness (QED) is 0.434. The number of ether oxygens (including phenoxy) is 1. The number of nitrogens with one attached hydrogen (secondary N) is 2. The number of rotatable bonds is 9. The molecule has 4 rings (SSSR count). The zero-order valence-corrected chi connectivity index (χ0v) is 19.9. The molecule has 0 aliphatic carbocycles. The van der Waals surface area contributed by atoms with E-state index in [4.69, 9.17) is 9.15 Å². The van der Waals surface area contributed by atoms with Crippen LogP contribution in [0.25, 0.3) is 0 Å². The topological polar surface area (TPSA) is 118 Å². The summed E-state index contributed by atoms with van der Waals surface area (Å²) in [4.78, 5) is 26.8. The molecule has 1 saturated heterocycles. The van der Waals surface area contributed by atoms with Crippen LogP contribution in [0, 0.1) is 0 Å². The molecule has 0 saturated carbocycles. The van der Waals surface area contributed by atoms with E-state index in [0.717, 1.165) is 18.8 Å². The molecule has 2 aromatic carbocycles. The summed E-state index contributed by atoms with van der Waals surface area (Å²) < 4.78 is 37.4. The number of sulfonamides is 1. The van der Waals surface area contributed by atoms with E-state index in [0.29, 0.717) is 11.4 Å². The van der Waals surface area contributed by atoms with Crippen molar-refractivity contribution in [3.8, 4) is 0 Å². The molecule has 35 heavy (non-hydrogen) atoms. The molecular weight excluding hydrogens is 470 g/mol. The van der Waals surface area contributed by atoms with Gasteiger partial charge in [0.1, 0.15) is 5.76 Å². The van der Waals surface area contributed by atoms with Crippen molar-refractivity contribution in [2.24, 2.45) is 0 Å². The highest BCUT2D eigenvalue weighted by Gasteiger charge is 2.17. The molecule has 1 aliphatic rings. The van der Waals surface area contributed by atoms with Gasteiger partial charge in [0.05, 0.1) is 23.3 Å². The van der Waals surface area contributed by atoms with Gasteiger partial charge < -0.3 is 19.4 Å². The summed E-state index contributed by atoms with van der Waals surface area (Å²) in [6, 6.07) is 16.2. The molecule has 0 atom stereocenters. The molecule has 184 valence electrons. The van der Waals surface area contributed by atoms with Crippen LogP contribution in [-0.4, -0.2) is 40.0 Å². The monoisotopic (exact) mass is 497 g/mol. The first kappa shape index (κ1) is 24.5. The molecule has 9 nitrogen and oxygen atoms in total. The Hall–Kier alpha value is -3.63. The first-order valence-electron chi connectivity index (χ1n) is 11.3. The Morgan fingerprint density at radius 3 is 2.31 bits per heavy atom. The minimum atomic E-state index is -3.78. The van der Waals surface area contributed by atoms with Gasteiger partial charge in [-0.05, 0) is 79.9 Å². The Morgan fingerprint density at radius 1 is 0.943 bits per heavy atom. The Bertz CT molecular complexity index is 1230. The maximum absolute atomic E-state index is 12.4. The van der Waals surface area contributed by atoms with Crippen LogP contribution in [0.15, 0.2) is 76.2 Å². The molecule has 0 radical (unpaired) electrons. The second kappa shape index (κ2) is 11.2. The summed E-state index contributed by atoms with van der Waals surface area (Å²) in [5, 5.41) is 2.70. The zero-order valence-electron chi connectivity index (χ0n) is 19.1. The maximum Gasteiger partial charge on any atom is 0.338 e. The number of piperidine rings is 1. The van der Waals surface area contributed by atoms with E-state index in [1.165, 1.54) is 49.8 Å². The predicted octanol–water partition coefficient (Wildman–Crippen LogP) is 3.54. The molecule has 1 aliphatic heterocycles. The molecular formula is C25H27N3O6S. The molecule has 10 heteroatoms. The van der Waals surface area contributed by atoms with E-state index in [1.807, 2.05) is 24.3 Å². The van der Waals surface area contributed by atoms with E-state index >= 15 is 0 Å². The molecule has 0 unspecified atom stereocenters. The molecule has 1 fully saturated rings. The van der Waals surface area contributed by atoms with Gasteiger partial charge in [0.2, 0.25) is 10.0 Å². The van der Waals surface area contributed by atoms with Gasteiger partial charge in [-0.25, -0.2) is 17.9 Å². The number of furan rings is 1. The van der Waals surface area contributed by atoms with Gasteiger partial charge >= 0.3 is 5.97 Å². The van der Waals surface area contributed by atoms with Gasteiger partial charge in [0, 0.05) is 24.5 Å². The normalized spacial score (nSPS) is 13.9. The molecule has 0 spiro atoms. The lowest BCUT2D eigenvalue weighted by molar-refractivity contribution is -0.119. The van der Waals surface area contributed by atoms with E-state index in [2.05, 4.69) is 14.9 Å². The van der Waals surface area contributed by atoms with Crippen LogP contribution in [0.5, 0.6) is 0 Å². The highest BCUT2D eigenvalue weighted by molar-refractivity contribution is 7.89. The van der Waals surface area contributed by atoms with E-state index in [-0.39, 0.29) is 17.0 Å². The second-order valence-corrected chi connectivity index (χ2v) is 9.91. The van der Waals surface area contributed by atoms with Crippen molar-refractivity contribution < 1.29 is 27.2 Å². The van der Waals surface area contributed by atoms with Gasteiger partial charge in [0.15, 0.2) is 6.61 Å². The number of hydrogen-bond acceptors (Lipinski definition) is 7. The maximum atomic E-state index is 12.4. The molecule has 0 bridgehead atoms. The van der Waals surface area contributed by atoms with E-state index in [9.17, 15) is 18.0 Å². The smallest absolute Gasteiger partial charge is 0.338 e. The van der Waals surface area contributed by atoms with Crippen LogP contribution >= 0.6 is 0 Å². The van der Waals surface area contributed by atoms with Gasteiger partial charge in [-0.2, -0.15) is 0 Å². The van der Waals surface area contributed by atoms with Gasteiger partial charge in [-0.1, -0.05) is 0 Å². The van der Waals surface area contributed by atoms with Crippen molar-refractivity contribution in [3.05, 3.63) is 78.3 Å². The standard InChI is InChI=1S/C25H27N3O6S/c29-24(27-20-8-10-21(11-9-20)28-14-2-1-3-15-28)18-34-25(30)19-6-12-23(13-7-19)35(31,32)26-17-22-5-4-16-33-22/h4-13,16,26H,1-3,14-15,17-18H2,(H,27,29). The fraction of sp³-hybridized carbons (Fsp3) is 0.280. The lowest BCUT2D eigenvalue weighted by Gasteiger charge is -2.28. The lowest BCUT2D eigenvalue weighted by atomic mass is 10.1. The third-order valence-electron chi connectivity index (χ3n) is 5.62. The highest BCUT2D eigenvalue weighted by atomic mass is 32.2. The number of benzene rings is 2. The number of carbonyl (C=O) groups is 2. The Labute approximate surface area is 204 Å². The molecule has 3 aromatic rings. The second-order valence-electron chi connectivity index (χ2n) is 8.15. The van der Waals surface area contributed by atoms with Crippen LogP contribution in [0.2, 0.25) is 0 Å². The van der Waals surface area contributed by atoms with Crippen molar-refractivity contribution in [1.82, 2.24) is 4.72 Å². The summed E-state index contributed by atoms with van der Waals surface area (Å²) in [7, 11) is -3.78. The average molecular weight is 498 g/mol. The fourth-order valence-corrected chi connectivity index (χ4v) is 4.75. The van der Waals surface area contributed by atoms with Crippen molar-refractivity contribution in [1.29, 1.82) is 0 Å². The van der Waals surface area contributed by atoms with Crippen LogP contribution in [0.1, 0.15) is 35.4 Å². The largest absolute Gasteiger partial charge is 0.468 e. The van der Waals surface area contributed by atoms with Crippen molar-refractivity contribution in [2.75, 3.05) is 29.9 Å². The summed E-state index contributed by atoms with van der Waals surface area (Å²) in [5.41, 5.74) is 1.87. The van der Waals surface area contributed by atoms with Gasteiger partial charge in [0.25, 0.3) is 5.91 Å². The van der Waals surface area contributed by atoms with E-state index in [1.54, 1.807) is 12.1 Å². The van der Waals surface area contributed by atoms with Crippen LogP contribution in [0.4, 0.5) is 11.4 Å². The first-order chi connectivity index (χ1) is 16.9. The molecule has 2 heterocycles. The molecule has 1 aromatic heterocycles. The summed E-state index contributed by atoms with van der Waals surface area (Å²) in [6.45, 7) is 1.62. The Kier molecular flexibility index (Phi) is 7.84.